The number of fused-ring (bicyclic) bond motifs is 5. The van der Waals surface area contributed by atoms with Crippen molar-refractivity contribution in [3.05, 3.63) is 75.6 Å². The standard InChI is InChI=1S/C25H22FN3O6/c1-2-34-20-10-14(9-19(29(32)33)23(20)35-13-17-5-3-4-6-18(17)26)12-27-28-24(30)21-15-7-8-16(11-15)22(21)25(28)31/h3-10,12,15-16,21-22H,2,11,13H2,1H3. The Morgan fingerprint density at radius 3 is 2.46 bits per heavy atom. The molecule has 2 amide bonds. The summed E-state index contributed by atoms with van der Waals surface area (Å²) in [6, 6.07) is 8.63. The maximum atomic E-state index is 14.0. The largest absolute Gasteiger partial charge is 0.490 e. The van der Waals surface area contributed by atoms with Crippen LogP contribution in [0.1, 0.15) is 24.5 Å². The zero-order valence-corrected chi connectivity index (χ0v) is 18.8. The van der Waals surface area contributed by atoms with Gasteiger partial charge in [-0.1, -0.05) is 30.4 Å². The molecule has 2 aliphatic carbocycles. The summed E-state index contributed by atoms with van der Waals surface area (Å²) in [5, 5.41) is 16.8. The molecule has 1 heterocycles. The fraction of sp³-hybridized carbons (Fsp3) is 0.320. The molecule has 180 valence electrons. The van der Waals surface area contributed by atoms with Gasteiger partial charge in [0.2, 0.25) is 5.75 Å². The molecule has 3 aliphatic rings. The molecule has 35 heavy (non-hydrogen) atoms. The molecular weight excluding hydrogens is 457 g/mol. The molecular formula is C25H22FN3O6. The summed E-state index contributed by atoms with van der Waals surface area (Å²) in [7, 11) is 0. The van der Waals surface area contributed by atoms with Crippen molar-refractivity contribution in [2.24, 2.45) is 28.8 Å². The van der Waals surface area contributed by atoms with Crippen LogP contribution in [0.3, 0.4) is 0 Å². The SMILES string of the molecule is CCOc1cc(C=NN2C(=O)C3C4C=CC(C4)C3C2=O)cc([N+](=O)[O-])c1OCc1ccccc1F. The van der Waals surface area contributed by atoms with Crippen molar-refractivity contribution < 1.29 is 28.4 Å². The Bertz CT molecular complexity index is 1250. The number of benzene rings is 2. The average molecular weight is 479 g/mol. The minimum atomic E-state index is -0.642. The Morgan fingerprint density at radius 1 is 1.14 bits per heavy atom. The molecule has 4 atom stereocenters. The third-order valence-electron chi connectivity index (χ3n) is 6.65. The summed E-state index contributed by atoms with van der Waals surface area (Å²) in [4.78, 5) is 36.8. The van der Waals surface area contributed by atoms with Crippen LogP contribution in [0.5, 0.6) is 11.5 Å². The van der Waals surface area contributed by atoms with Gasteiger partial charge >= 0.3 is 5.69 Å². The van der Waals surface area contributed by atoms with Crippen LogP contribution in [0.25, 0.3) is 0 Å². The number of halogens is 1. The van der Waals surface area contributed by atoms with E-state index in [0.29, 0.717) is 0 Å². The molecule has 1 aliphatic heterocycles. The van der Waals surface area contributed by atoms with E-state index in [4.69, 9.17) is 9.47 Å². The van der Waals surface area contributed by atoms with Crippen LogP contribution < -0.4 is 9.47 Å². The Kier molecular flexibility index (Phi) is 5.80. The Hall–Kier alpha value is -4.08. The zero-order chi connectivity index (χ0) is 24.7. The first-order valence-electron chi connectivity index (χ1n) is 11.3. The fourth-order valence-corrected chi connectivity index (χ4v) is 5.12. The molecule has 0 radical (unpaired) electrons. The van der Waals surface area contributed by atoms with E-state index >= 15 is 0 Å². The van der Waals surface area contributed by atoms with E-state index in [1.165, 1.54) is 36.5 Å². The first kappa shape index (κ1) is 22.7. The number of carbonyl (C=O) groups is 2. The van der Waals surface area contributed by atoms with Gasteiger partial charge in [-0.15, -0.1) is 0 Å². The first-order valence-corrected chi connectivity index (χ1v) is 11.3. The number of ether oxygens (including phenoxy) is 2. The zero-order valence-electron chi connectivity index (χ0n) is 18.8. The van der Waals surface area contributed by atoms with Crippen molar-refractivity contribution in [1.29, 1.82) is 0 Å². The highest BCUT2D eigenvalue weighted by molar-refractivity contribution is 6.06. The minimum Gasteiger partial charge on any atom is -0.490 e. The third kappa shape index (κ3) is 3.94. The number of nitro groups is 1. The van der Waals surface area contributed by atoms with E-state index in [-0.39, 0.29) is 59.5 Å². The molecule has 5 rings (SSSR count). The van der Waals surface area contributed by atoms with Crippen molar-refractivity contribution >= 4 is 23.7 Å². The number of carbonyl (C=O) groups excluding carboxylic acids is 2. The first-order chi connectivity index (χ1) is 16.9. The molecule has 2 fully saturated rings. The topological polar surface area (TPSA) is 111 Å². The molecule has 2 aromatic carbocycles. The van der Waals surface area contributed by atoms with Crippen LogP contribution in [0.4, 0.5) is 10.1 Å². The fourth-order valence-electron chi connectivity index (χ4n) is 5.12. The second kappa shape index (κ2) is 8.94. The number of imide groups is 1. The minimum absolute atomic E-state index is 0.0539. The van der Waals surface area contributed by atoms with E-state index in [0.717, 1.165) is 11.4 Å². The van der Waals surface area contributed by atoms with E-state index in [2.05, 4.69) is 5.10 Å². The second-order valence-electron chi connectivity index (χ2n) is 8.67. The normalized spacial score (nSPS) is 24.5. The molecule has 1 saturated carbocycles. The lowest BCUT2D eigenvalue weighted by molar-refractivity contribution is -0.386. The number of hydrogen-bond donors (Lipinski definition) is 0. The predicted molar refractivity (Wildman–Crippen MR) is 122 cm³/mol. The Labute approximate surface area is 200 Å². The number of allylic oxidation sites excluding steroid dienone is 2. The quantitative estimate of drug-likeness (QED) is 0.187. The van der Waals surface area contributed by atoms with Crippen molar-refractivity contribution in [2.75, 3.05) is 6.61 Å². The molecule has 10 heteroatoms. The van der Waals surface area contributed by atoms with Crippen LogP contribution in [0.15, 0.2) is 53.7 Å². The van der Waals surface area contributed by atoms with E-state index in [1.54, 1.807) is 13.0 Å². The van der Waals surface area contributed by atoms with Crippen molar-refractivity contribution in [1.82, 2.24) is 5.01 Å². The Balaban J connectivity index is 1.42. The van der Waals surface area contributed by atoms with Gasteiger partial charge in [0.25, 0.3) is 11.8 Å². The monoisotopic (exact) mass is 479 g/mol. The highest BCUT2D eigenvalue weighted by atomic mass is 19.1. The van der Waals surface area contributed by atoms with Crippen LogP contribution >= 0.6 is 0 Å². The number of hydrogen-bond acceptors (Lipinski definition) is 7. The second-order valence-corrected chi connectivity index (χ2v) is 8.67. The van der Waals surface area contributed by atoms with Gasteiger partial charge in [-0.25, -0.2) is 4.39 Å². The van der Waals surface area contributed by atoms with Gasteiger partial charge in [-0.05, 0) is 37.3 Å². The van der Waals surface area contributed by atoms with E-state index in [9.17, 15) is 24.1 Å². The predicted octanol–water partition coefficient (Wildman–Crippen LogP) is 3.85. The third-order valence-corrected chi connectivity index (χ3v) is 6.65. The van der Waals surface area contributed by atoms with Crippen LogP contribution in [0, 0.1) is 39.6 Å². The van der Waals surface area contributed by atoms with Crippen molar-refractivity contribution in [3.63, 3.8) is 0 Å². The molecule has 1 saturated heterocycles. The summed E-state index contributed by atoms with van der Waals surface area (Å²) in [5.74, 6) is -1.95. The number of rotatable bonds is 8. The van der Waals surface area contributed by atoms with Gasteiger partial charge in [0.15, 0.2) is 5.75 Å². The van der Waals surface area contributed by atoms with Gasteiger partial charge < -0.3 is 9.47 Å². The van der Waals surface area contributed by atoms with Gasteiger partial charge in [0.1, 0.15) is 12.4 Å². The van der Waals surface area contributed by atoms with Crippen LogP contribution in [-0.2, 0) is 16.2 Å². The lowest BCUT2D eigenvalue weighted by atomic mass is 9.85. The average Bonchev–Trinajstić information content (AvgIpc) is 3.52. The highest BCUT2D eigenvalue weighted by Crippen LogP contribution is 2.52. The number of hydrazone groups is 1. The number of amides is 2. The van der Waals surface area contributed by atoms with Crippen molar-refractivity contribution in [3.8, 4) is 11.5 Å². The Morgan fingerprint density at radius 2 is 1.83 bits per heavy atom. The number of nitro benzene ring substituents is 1. The lowest BCUT2D eigenvalue weighted by Crippen LogP contribution is -2.28. The van der Waals surface area contributed by atoms with Crippen molar-refractivity contribution in [2.45, 2.75) is 20.0 Å². The lowest BCUT2D eigenvalue weighted by Gasteiger charge is -2.14. The molecule has 9 nitrogen and oxygen atoms in total. The highest BCUT2D eigenvalue weighted by Gasteiger charge is 2.59. The molecule has 0 N–H and O–H groups in total. The van der Waals surface area contributed by atoms with Gasteiger partial charge in [0, 0.05) is 17.2 Å². The molecule has 2 bridgehead atoms. The smallest absolute Gasteiger partial charge is 0.315 e. The van der Waals surface area contributed by atoms with Crippen LogP contribution in [-0.4, -0.2) is 34.6 Å². The van der Waals surface area contributed by atoms with Crippen LogP contribution in [0.2, 0.25) is 0 Å². The maximum Gasteiger partial charge on any atom is 0.315 e. The molecule has 0 spiro atoms. The summed E-state index contributed by atoms with van der Waals surface area (Å²) in [6.07, 6.45) is 6.01. The van der Waals surface area contributed by atoms with Gasteiger partial charge in [0.05, 0.1) is 29.6 Å². The number of nitrogens with zero attached hydrogens (tertiary/aromatic N) is 3. The molecule has 2 aromatic rings. The summed E-state index contributed by atoms with van der Waals surface area (Å²) in [5.41, 5.74) is 0.0685. The van der Waals surface area contributed by atoms with E-state index in [1.807, 2.05) is 12.2 Å². The van der Waals surface area contributed by atoms with E-state index < -0.39 is 28.3 Å². The summed E-state index contributed by atoms with van der Waals surface area (Å²) in [6.45, 7) is 1.66. The van der Waals surface area contributed by atoms with Gasteiger partial charge in [-0.3, -0.25) is 19.7 Å². The molecule has 0 aromatic heterocycles. The van der Waals surface area contributed by atoms with Gasteiger partial charge in [-0.2, -0.15) is 10.1 Å². The maximum absolute atomic E-state index is 14.0. The summed E-state index contributed by atoms with van der Waals surface area (Å²) < 4.78 is 25.2. The molecule has 4 unspecified atom stereocenters. The summed E-state index contributed by atoms with van der Waals surface area (Å²) >= 11 is 0.